The molecule has 1 N–H and O–H groups in total. The van der Waals surface area contributed by atoms with Gasteiger partial charge in [0.2, 0.25) is 11.8 Å². The summed E-state index contributed by atoms with van der Waals surface area (Å²) in [6, 6.07) is 14.0. The predicted molar refractivity (Wildman–Crippen MR) is 108 cm³/mol. The van der Waals surface area contributed by atoms with Crippen LogP contribution >= 0.6 is 11.8 Å². The van der Waals surface area contributed by atoms with Crippen molar-refractivity contribution >= 4 is 17.7 Å². The Hall–Kier alpha value is -2.60. The smallest absolute Gasteiger partial charge is 0.277 e. The van der Waals surface area contributed by atoms with Crippen LogP contribution in [0.3, 0.4) is 0 Å². The van der Waals surface area contributed by atoms with E-state index in [1.807, 2.05) is 44.2 Å². The topological polar surface area (TPSA) is 68.0 Å². The second-order valence-corrected chi connectivity index (χ2v) is 7.54. The van der Waals surface area contributed by atoms with Crippen molar-refractivity contribution in [3.63, 3.8) is 0 Å². The lowest BCUT2D eigenvalue weighted by molar-refractivity contribution is -0.119. The molecule has 0 saturated heterocycles. The molecule has 0 aliphatic heterocycles. The van der Waals surface area contributed by atoms with E-state index in [-0.39, 0.29) is 17.7 Å². The first-order chi connectivity index (χ1) is 12.9. The molecule has 0 fully saturated rings. The Kier molecular flexibility index (Phi) is 5.96. The van der Waals surface area contributed by atoms with E-state index in [2.05, 4.69) is 41.5 Å². The Bertz CT molecular complexity index is 952. The van der Waals surface area contributed by atoms with Crippen molar-refractivity contribution in [2.75, 3.05) is 5.75 Å². The van der Waals surface area contributed by atoms with Crippen molar-refractivity contribution < 1.29 is 9.21 Å². The van der Waals surface area contributed by atoms with Crippen molar-refractivity contribution in [2.24, 2.45) is 0 Å². The lowest BCUT2D eigenvalue weighted by Gasteiger charge is -2.15. The summed E-state index contributed by atoms with van der Waals surface area (Å²) in [6.07, 6.45) is 0. The molecule has 1 amide bonds. The summed E-state index contributed by atoms with van der Waals surface area (Å²) in [6.45, 7) is 8.13. The van der Waals surface area contributed by atoms with E-state index < -0.39 is 0 Å². The van der Waals surface area contributed by atoms with E-state index in [0.29, 0.717) is 11.1 Å². The third-order valence-electron chi connectivity index (χ3n) is 4.52. The van der Waals surface area contributed by atoms with Crippen LogP contribution in [0.2, 0.25) is 0 Å². The SMILES string of the molecule is Cc1ccc(C(C)NC(=O)CSc2nnc(-c3ccccc3C)o2)cc1C. The summed E-state index contributed by atoms with van der Waals surface area (Å²) in [5.74, 6) is 0.630. The fourth-order valence-corrected chi connectivity index (χ4v) is 3.29. The van der Waals surface area contributed by atoms with Gasteiger partial charge < -0.3 is 9.73 Å². The molecule has 27 heavy (non-hydrogen) atoms. The van der Waals surface area contributed by atoms with E-state index >= 15 is 0 Å². The molecular formula is C21H23N3O2S. The maximum Gasteiger partial charge on any atom is 0.277 e. The van der Waals surface area contributed by atoms with Gasteiger partial charge >= 0.3 is 0 Å². The van der Waals surface area contributed by atoms with E-state index in [9.17, 15) is 4.79 Å². The molecule has 0 spiro atoms. The Labute approximate surface area is 163 Å². The molecule has 0 radical (unpaired) electrons. The summed E-state index contributed by atoms with van der Waals surface area (Å²) in [5, 5.41) is 11.5. The summed E-state index contributed by atoms with van der Waals surface area (Å²) in [7, 11) is 0. The monoisotopic (exact) mass is 381 g/mol. The standard InChI is InChI=1S/C21H23N3O2S/c1-13-9-10-17(11-15(13)3)16(4)22-19(25)12-27-21-24-23-20(26-21)18-8-6-5-7-14(18)2/h5-11,16H,12H2,1-4H3,(H,22,25). The normalized spacial score (nSPS) is 12.0. The van der Waals surface area contributed by atoms with Crippen molar-refractivity contribution in [1.29, 1.82) is 0 Å². The average Bonchev–Trinajstić information content (AvgIpc) is 3.11. The molecule has 0 bridgehead atoms. The van der Waals surface area contributed by atoms with Gasteiger partial charge in [0.25, 0.3) is 5.22 Å². The molecule has 0 aliphatic carbocycles. The van der Waals surface area contributed by atoms with Crippen molar-refractivity contribution in [2.45, 2.75) is 39.0 Å². The number of rotatable bonds is 6. The predicted octanol–water partition coefficient (Wildman–Crippen LogP) is 4.63. The number of benzene rings is 2. The highest BCUT2D eigenvalue weighted by atomic mass is 32.2. The molecule has 140 valence electrons. The third-order valence-corrected chi connectivity index (χ3v) is 5.34. The van der Waals surface area contributed by atoms with Gasteiger partial charge in [-0.05, 0) is 56.0 Å². The zero-order chi connectivity index (χ0) is 19.4. The first kappa shape index (κ1) is 19.2. The number of nitrogens with zero attached hydrogens (tertiary/aromatic N) is 2. The van der Waals surface area contributed by atoms with Crippen LogP contribution in [0.15, 0.2) is 52.1 Å². The fraction of sp³-hybridized carbons (Fsp3) is 0.286. The molecule has 0 aliphatic rings. The summed E-state index contributed by atoms with van der Waals surface area (Å²) in [5.41, 5.74) is 5.53. The van der Waals surface area contributed by atoms with Gasteiger partial charge in [0.05, 0.1) is 11.8 Å². The van der Waals surface area contributed by atoms with Crippen LogP contribution in [0.25, 0.3) is 11.5 Å². The first-order valence-electron chi connectivity index (χ1n) is 8.83. The molecule has 0 saturated carbocycles. The van der Waals surface area contributed by atoms with Crippen LogP contribution < -0.4 is 5.32 Å². The fourth-order valence-electron chi connectivity index (χ4n) is 2.72. The van der Waals surface area contributed by atoms with E-state index in [1.54, 1.807) is 0 Å². The van der Waals surface area contributed by atoms with Gasteiger partial charge in [0.1, 0.15) is 0 Å². The van der Waals surface area contributed by atoms with Crippen LogP contribution in [-0.4, -0.2) is 21.9 Å². The number of hydrogen-bond donors (Lipinski definition) is 1. The van der Waals surface area contributed by atoms with Crippen LogP contribution in [0.1, 0.15) is 35.2 Å². The number of hydrogen-bond acceptors (Lipinski definition) is 5. The summed E-state index contributed by atoms with van der Waals surface area (Å²) >= 11 is 1.24. The molecule has 1 atom stereocenters. The highest BCUT2D eigenvalue weighted by Crippen LogP contribution is 2.25. The first-order valence-corrected chi connectivity index (χ1v) is 9.81. The van der Waals surface area contributed by atoms with Gasteiger partial charge in [0.15, 0.2) is 0 Å². The quantitative estimate of drug-likeness (QED) is 0.631. The highest BCUT2D eigenvalue weighted by molar-refractivity contribution is 7.99. The number of thioether (sulfide) groups is 1. The van der Waals surface area contributed by atoms with Gasteiger partial charge in [-0.25, -0.2) is 0 Å². The zero-order valence-electron chi connectivity index (χ0n) is 15.9. The molecule has 3 rings (SSSR count). The van der Waals surface area contributed by atoms with Gasteiger partial charge in [-0.1, -0.05) is 48.2 Å². The number of aromatic nitrogens is 2. The highest BCUT2D eigenvalue weighted by Gasteiger charge is 2.14. The zero-order valence-corrected chi connectivity index (χ0v) is 16.8. The van der Waals surface area contributed by atoms with Crippen LogP contribution in [0.4, 0.5) is 0 Å². The lowest BCUT2D eigenvalue weighted by Crippen LogP contribution is -2.28. The molecule has 1 heterocycles. The second kappa shape index (κ2) is 8.39. The van der Waals surface area contributed by atoms with Crippen LogP contribution in [0, 0.1) is 20.8 Å². The minimum Gasteiger partial charge on any atom is -0.411 e. The van der Waals surface area contributed by atoms with Crippen molar-refractivity contribution in [3.8, 4) is 11.5 Å². The molecule has 2 aromatic carbocycles. The van der Waals surface area contributed by atoms with E-state index in [1.165, 1.54) is 22.9 Å². The average molecular weight is 382 g/mol. The molecular weight excluding hydrogens is 358 g/mol. The van der Waals surface area contributed by atoms with Gasteiger partial charge in [-0.15, -0.1) is 10.2 Å². The number of nitrogens with one attached hydrogen (secondary N) is 1. The molecule has 1 unspecified atom stereocenters. The number of carbonyl (C=O) groups is 1. The van der Waals surface area contributed by atoms with E-state index in [4.69, 9.17) is 4.42 Å². The summed E-state index contributed by atoms with van der Waals surface area (Å²) in [4.78, 5) is 12.3. The Morgan fingerprint density at radius 2 is 1.85 bits per heavy atom. The minimum atomic E-state index is -0.0682. The lowest BCUT2D eigenvalue weighted by atomic mass is 10.0. The van der Waals surface area contributed by atoms with Gasteiger partial charge in [0, 0.05) is 5.56 Å². The molecule has 3 aromatic rings. The maximum atomic E-state index is 12.3. The summed E-state index contributed by atoms with van der Waals surface area (Å²) < 4.78 is 5.68. The molecule has 1 aromatic heterocycles. The Morgan fingerprint density at radius 1 is 1.07 bits per heavy atom. The third kappa shape index (κ3) is 4.77. The minimum absolute atomic E-state index is 0.0531. The largest absolute Gasteiger partial charge is 0.411 e. The van der Waals surface area contributed by atoms with Crippen molar-refractivity contribution in [3.05, 3.63) is 64.7 Å². The number of aryl methyl sites for hydroxylation is 3. The van der Waals surface area contributed by atoms with Gasteiger partial charge in [-0.3, -0.25) is 4.79 Å². The maximum absolute atomic E-state index is 12.3. The molecule has 6 heteroatoms. The second-order valence-electron chi connectivity index (χ2n) is 6.61. The Balaban J connectivity index is 1.56. The van der Waals surface area contributed by atoms with E-state index in [0.717, 1.165) is 16.7 Å². The number of amides is 1. The van der Waals surface area contributed by atoms with Crippen molar-refractivity contribution in [1.82, 2.24) is 15.5 Å². The molecule has 5 nitrogen and oxygen atoms in total. The van der Waals surface area contributed by atoms with Gasteiger partial charge in [-0.2, -0.15) is 0 Å². The number of carbonyl (C=O) groups excluding carboxylic acids is 1. The Morgan fingerprint density at radius 3 is 2.59 bits per heavy atom. The van der Waals surface area contributed by atoms with Crippen LogP contribution in [0.5, 0.6) is 0 Å². The van der Waals surface area contributed by atoms with Crippen LogP contribution in [-0.2, 0) is 4.79 Å².